The van der Waals surface area contributed by atoms with Crippen molar-refractivity contribution in [2.45, 2.75) is 0 Å². The fourth-order valence-corrected chi connectivity index (χ4v) is 4.30. The topological polar surface area (TPSA) is 83.1 Å². The molecule has 23 heavy (non-hydrogen) atoms. The van der Waals surface area contributed by atoms with Crippen molar-refractivity contribution in [1.29, 1.82) is 0 Å². The molecule has 0 aliphatic carbocycles. The van der Waals surface area contributed by atoms with Gasteiger partial charge in [-0.25, -0.2) is 0 Å². The van der Waals surface area contributed by atoms with Crippen LogP contribution in [0.3, 0.4) is 0 Å². The SMILES string of the molecule is O=C(c1cccnc1)N1CCN(S(=O)(=O)N2CCOCC2)CC1. The zero-order valence-electron chi connectivity index (χ0n) is 12.8. The zero-order chi connectivity index (χ0) is 16.3. The summed E-state index contributed by atoms with van der Waals surface area (Å²) in [5.41, 5.74) is 0.525. The first kappa shape index (κ1) is 16.3. The van der Waals surface area contributed by atoms with Gasteiger partial charge in [-0.15, -0.1) is 0 Å². The lowest BCUT2D eigenvalue weighted by Crippen LogP contribution is -2.55. The van der Waals surface area contributed by atoms with Crippen molar-refractivity contribution in [3.8, 4) is 0 Å². The van der Waals surface area contributed by atoms with Gasteiger partial charge in [0, 0.05) is 51.7 Å². The predicted octanol–water partition coefficient (Wildman–Crippen LogP) is -0.584. The molecule has 2 aliphatic heterocycles. The van der Waals surface area contributed by atoms with Crippen LogP contribution in [0.15, 0.2) is 24.5 Å². The van der Waals surface area contributed by atoms with E-state index in [4.69, 9.17) is 4.74 Å². The molecule has 2 aliphatic rings. The summed E-state index contributed by atoms with van der Waals surface area (Å²) in [5.74, 6) is -0.110. The molecule has 126 valence electrons. The molecule has 3 heterocycles. The molecule has 8 nitrogen and oxygen atoms in total. The summed E-state index contributed by atoms with van der Waals surface area (Å²) in [5, 5.41) is 0. The molecular formula is C14H20N4O4S. The molecule has 3 rings (SSSR count). The summed E-state index contributed by atoms with van der Waals surface area (Å²) in [6.07, 6.45) is 3.14. The number of nitrogens with zero attached hydrogens (tertiary/aromatic N) is 4. The number of piperazine rings is 1. The number of aromatic nitrogens is 1. The highest BCUT2D eigenvalue weighted by atomic mass is 32.2. The molecule has 0 unspecified atom stereocenters. The van der Waals surface area contributed by atoms with Gasteiger partial charge in [0.2, 0.25) is 0 Å². The lowest BCUT2D eigenvalue weighted by Gasteiger charge is -2.37. The Morgan fingerprint density at radius 1 is 1.04 bits per heavy atom. The molecule has 2 fully saturated rings. The van der Waals surface area contributed by atoms with Crippen LogP contribution in [0, 0.1) is 0 Å². The first-order chi connectivity index (χ1) is 11.1. The largest absolute Gasteiger partial charge is 0.379 e. The van der Waals surface area contributed by atoms with Crippen molar-refractivity contribution in [2.24, 2.45) is 0 Å². The van der Waals surface area contributed by atoms with Crippen molar-refractivity contribution in [1.82, 2.24) is 18.5 Å². The van der Waals surface area contributed by atoms with Crippen molar-refractivity contribution in [3.05, 3.63) is 30.1 Å². The van der Waals surface area contributed by atoms with Crippen LogP contribution in [0.1, 0.15) is 10.4 Å². The summed E-state index contributed by atoms with van der Waals surface area (Å²) in [6.45, 7) is 3.03. The van der Waals surface area contributed by atoms with Crippen LogP contribution < -0.4 is 0 Å². The lowest BCUT2D eigenvalue weighted by molar-refractivity contribution is 0.0636. The van der Waals surface area contributed by atoms with Gasteiger partial charge in [-0.3, -0.25) is 9.78 Å². The number of pyridine rings is 1. The van der Waals surface area contributed by atoms with Crippen molar-refractivity contribution in [3.63, 3.8) is 0 Å². The van der Waals surface area contributed by atoms with Gasteiger partial charge in [-0.2, -0.15) is 17.0 Å². The number of morpholine rings is 1. The van der Waals surface area contributed by atoms with Crippen LogP contribution in [0.25, 0.3) is 0 Å². The molecule has 0 radical (unpaired) electrons. The van der Waals surface area contributed by atoms with Gasteiger partial charge >= 0.3 is 0 Å². The van der Waals surface area contributed by atoms with Gasteiger partial charge in [0.1, 0.15) is 0 Å². The molecule has 0 aromatic carbocycles. The third-order valence-electron chi connectivity index (χ3n) is 4.06. The molecule has 0 spiro atoms. The monoisotopic (exact) mass is 340 g/mol. The van der Waals surface area contributed by atoms with Gasteiger partial charge in [-0.1, -0.05) is 0 Å². The Kier molecular flexibility index (Phi) is 4.90. The van der Waals surface area contributed by atoms with Crippen molar-refractivity contribution >= 4 is 16.1 Å². The number of amides is 1. The van der Waals surface area contributed by atoms with Crippen LogP contribution in [-0.4, -0.2) is 85.3 Å². The quantitative estimate of drug-likeness (QED) is 0.735. The van der Waals surface area contributed by atoms with Crippen molar-refractivity contribution in [2.75, 3.05) is 52.5 Å². The van der Waals surface area contributed by atoms with Gasteiger partial charge < -0.3 is 9.64 Å². The van der Waals surface area contributed by atoms with Gasteiger partial charge in [0.05, 0.1) is 18.8 Å². The minimum atomic E-state index is -3.46. The van der Waals surface area contributed by atoms with E-state index in [1.165, 1.54) is 14.8 Å². The number of carbonyl (C=O) groups is 1. The average molecular weight is 340 g/mol. The van der Waals surface area contributed by atoms with E-state index in [-0.39, 0.29) is 5.91 Å². The molecule has 9 heteroatoms. The normalized spacial score (nSPS) is 21.3. The summed E-state index contributed by atoms with van der Waals surface area (Å²) in [4.78, 5) is 18.0. The molecule has 0 atom stereocenters. The van der Waals surface area contributed by atoms with Crippen LogP contribution in [-0.2, 0) is 14.9 Å². The highest BCUT2D eigenvalue weighted by molar-refractivity contribution is 7.86. The molecule has 1 aromatic rings. The van der Waals surface area contributed by atoms with E-state index in [0.29, 0.717) is 58.0 Å². The second kappa shape index (κ2) is 6.91. The van der Waals surface area contributed by atoms with Gasteiger partial charge in [0.15, 0.2) is 0 Å². The summed E-state index contributed by atoms with van der Waals surface area (Å²) >= 11 is 0. The smallest absolute Gasteiger partial charge is 0.282 e. The summed E-state index contributed by atoms with van der Waals surface area (Å²) < 4.78 is 33.2. The van der Waals surface area contributed by atoms with Crippen LogP contribution >= 0.6 is 0 Å². The third kappa shape index (κ3) is 3.52. The summed E-state index contributed by atoms with van der Waals surface area (Å²) in [7, 11) is -3.46. The Hall–Kier alpha value is -1.55. The Bertz CT molecular complexity index is 638. The van der Waals surface area contributed by atoms with E-state index in [1.54, 1.807) is 23.2 Å². The Morgan fingerprint density at radius 3 is 2.30 bits per heavy atom. The van der Waals surface area contributed by atoms with Crippen molar-refractivity contribution < 1.29 is 17.9 Å². The Morgan fingerprint density at radius 2 is 1.70 bits per heavy atom. The van der Waals surface area contributed by atoms with E-state index < -0.39 is 10.2 Å². The zero-order valence-corrected chi connectivity index (χ0v) is 13.6. The number of rotatable bonds is 3. The molecule has 2 saturated heterocycles. The highest BCUT2D eigenvalue weighted by Gasteiger charge is 2.34. The Labute approximate surface area is 135 Å². The van der Waals surface area contributed by atoms with Gasteiger partial charge in [0.25, 0.3) is 16.1 Å². The lowest BCUT2D eigenvalue weighted by atomic mass is 10.2. The van der Waals surface area contributed by atoms with Gasteiger partial charge in [-0.05, 0) is 12.1 Å². The minimum absolute atomic E-state index is 0.110. The van der Waals surface area contributed by atoms with E-state index in [2.05, 4.69) is 4.98 Å². The predicted molar refractivity (Wildman–Crippen MR) is 83.0 cm³/mol. The standard InChI is InChI=1S/C14H20N4O4S/c19-14(13-2-1-3-15-12-13)16-4-6-17(7-5-16)23(20,21)18-8-10-22-11-9-18/h1-3,12H,4-11H2. The minimum Gasteiger partial charge on any atom is -0.379 e. The first-order valence-electron chi connectivity index (χ1n) is 7.61. The maximum Gasteiger partial charge on any atom is 0.282 e. The van der Waals surface area contributed by atoms with E-state index >= 15 is 0 Å². The fourth-order valence-electron chi connectivity index (χ4n) is 2.73. The number of hydrogen-bond acceptors (Lipinski definition) is 5. The van der Waals surface area contributed by atoms with E-state index in [1.807, 2.05) is 0 Å². The van der Waals surface area contributed by atoms with E-state index in [9.17, 15) is 13.2 Å². The fraction of sp³-hybridized carbons (Fsp3) is 0.571. The average Bonchev–Trinajstić information content (AvgIpc) is 2.63. The van der Waals surface area contributed by atoms with Crippen LogP contribution in [0.4, 0.5) is 0 Å². The first-order valence-corrected chi connectivity index (χ1v) is 9.01. The molecule has 1 amide bonds. The molecule has 1 aromatic heterocycles. The Balaban J connectivity index is 1.61. The van der Waals surface area contributed by atoms with E-state index in [0.717, 1.165) is 0 Å². The molecule has 0 N–H and O–H groups in total. The van der Waals surface area contributed by atoms with Crippen LogP contribution in [0.2, 0.25) is 0 Å². The number of ether oxygens (including phenoxy) is 1. The number of carbonyl (C=O) groups excluding carboxylic acids is 1. The third-order valence-corrected chi connectivity index (χ3v) is 6.09. The molecule has 0 bridgehead atoms. The highest BCUT2D eigenvalue weighted by Crippen LogP contribution is 2.15. The maximum atomic E-state index is 12.6. The maximum absolute atomic E-state index is 12.6. The summed E-state index contributed by atoms with van der Waals surface area (Å²) in [6, 6.07) is 3.43. The van der Waals surface area contributed by atoms with Crippen LogP contribution in [0.5, 0.6) is 0 Å². The second-order valence-corrected chi connectivity index (χ2v) is 7.38. The second-order valence-electron chi connectivity index (χ2n) is 5.45. The molecule has 0 saturated carbocycles. The number of hydrogen-bond donors (Lipinski definition) is 0. The molecular weight excluding hydrogens is 320 g/mol.